The SMILES string of the molecule is CN1CCN(Cc2ccccc2)CC1c1nc(C(=O)NCc2ccc(F)cc2)c(O)c(=O)[nH]1. The average molecular weight is 452 g/mol. The smallest absolute Gasteiger partial charge is 0.293 e. The number of hydrogen-bond acceptors (Lipinski definition) is 6. The Morgan fingerprint density at radius 1 is 1.15 bits per heavy atom. The highest BCUT2D eigenvalue weighted by molar-refractivity contribution is 5.94. The van der Waals surface area contributed by atoms with Gasteiger partial charge in [-0.05, 0) is 30.3 Å². The first kappa shape index (κ1) is 22.6. The van der Waals surface area contributed by atoms with Gasteiger partial charge in [0.25, 0.3) is 11.5 Å². The number of amides is 1. The monoisotopic (exact) mass is 451 g/mol. The van der Waals surface area contributed by atoms with Crippen molar-refractivity contribution in [3.8, 4) is 5.75 Å². The minimum absolute atomic E-state index is 0.108. The third kappa shape index (κ3) is 5.44. The summed E-state index contributed by atoms with van der Waals surface area (Å²) in [5.74, 6) is -1.45. The molecule has 1 aromatic heterocycles. The number of rotatable bonds is 6. The molecule has 1 atom stereocenters. The molecule has 0 bridgehead atoms. The molecule has 1 aliphatic heterocycles. The molecule has 172 valence electrons. The molecule has 1 unspecified atom stereocenters. The summed E-state index contributed by atoms with van der Waals surface area (Å²) < 4.78 is 13.1. The zero-order valence-electron chi connectivity index (χ0n) is 18.3. The highest BCUT2D eigenvalue weighted by Gasteiger charge is 2.29. The number of H-pyrrole nitrogens is 1. The van der Waals surface area contributed by atoms with Crippen molar-refractivity contribution in [3.05, 3.63) is 93.4 Å². The van der Waals surface area contributed by atoms with Crippen molar-refractivity contribution in [3.63, 3.8) is 0 Å². The summed E-state index contributed by atoms with van der Waals surface area (Å²) in [6, 6.07) is 15.5. The Morgan fingerprint density at radius 3 is 2.61 bits per heavy atom. The number of likely N-dealkylation sites (N-methyl/N-ethyl adjacent to an activating group) is 1. The van der Waals surface area contributed by atoms with E-state index in [-0.39, 0.29) is 24.1 Å². The van der Waals surface area contributed by atoms with Gasteiger partial charge in [0.1, 0.15) is 11.6 Å². The number of benzene rings is 2. The topological polar surface area (TPSA) is 102 Å². The summed E-state index contributed by atoms with van der Waals surface area (Å²) in [6.07, 6.45) is 0. The molecule has 4 rings (SSSR count). The van der Waals surface area contributed by atoms with Crippen LogP contribution in [-0.2, 0) is 13.1 Å². The summed E-state index contributed by atoms with van der Waals surface area (Å²) in [5.41, 5.74) is 0.775. The van der Waals surface area contributed by atoms with Gasteiger partial charge < -0.3 is 15.4 Å². The van der Waals surface area contributed by atoms with E-state index in [2.05, 4.69) is 37.2 Å². The maximum Gasteiger partial charge on any atom is 0.293 e. The lowest BCUT2D eigenvalue weighted by Gasteiger charge is -2.38. The van der Waals surface area contributed by atoms with Crippen molar-refractivity contribution in [2.24, 2.45) is 0 Å². The van der Waals surface area contributed by atoms with Gasteiger partial charge in [0, 0.05) is 32.7 Å². The molecule has 1 saturated heterocycles. The van der Waals surface area contributed by atoms with Crippen molar-refractivity contribution in [2.75, 3.05) is 26.7 Å². The number of hydrogen-bond donors (Lipinski definition) is 3. The number of nitrogens with zero attached hydrogens (tertiary/aromatic N) is 3. The molecule has 0 spiro atoms. The molecule has 1 aliphatic rings. The number of piperazine rings is 1. The van der Waals surface area contributed by atoms with Crippen LogP contribution in [0.3, 0.4) is 0 Å². The van der Waals surface area contributed by atoms with Crippen LogP contribution in [0.25, 0.3) is 0 Å². The van der Waals surface area contributed by atoms with Gasteiger partial charge in [0.15, 0.2) is 5.69 Å². The minimum Gasteiger partial charge on any atom is -0.501 e. The number of carbonyl (C=O) groups is 1. The lowest BCUT2D eigenvalue weighted by molar-refractivity contribution is 0.0846. The second-order valence-corrected chi connectivity index (χ2v) is 8.17. The van der Waals surface area contributed by atoms with Crippen molar-refractivity contribution < 1.29 is 14.3 Å². The Hall–Kier alpha value is -3.56. The van der Waals surface area contributed by atoms with E-state index in [4.69, 9.17) is 0 Å². The van der Waals surface area contributed by atoms with E-state index in [1.807, 2.05) is 25.2 Å². The first-order valence-electron chi connectivity index (χ1n) is 10.7. The molecule has 2 aromatic carbocycles. The van der Waals surface area contributed by atoms with E-state index in [9.17, 15) is 19.1 Å². The first-order valence-corrected chi connectivity index (χ1v) is 10.7. The van der Waals surface area contributed by atoms with Gasteiger partial charge in [0.2, 0.25) is 5.75 Å². The van der Waals surface area contributed by atoms with Crippen LogP contribution < -0.4 is 10.9 Å². The fraction of sp³-hybridized carbons (Fsp3) is 0.292. The summed E-state index contributed by atoms with van der Waals surface area (Å²) in [6.45, 7) is 3.09. The number of aromatic nitrogens is 2. The van der Waals surface area contributed by atoms with E-state index in [1.165, 1.54) is 17.7 Å². The van der Waals surface area contributed by atoms with Gasteiger partial charge in [-0.3, -0.25) is 19.4 Å². The lowest BCUT2D eigenvalue weighted by atomic mass is 10.1. The van der Waals surface area contributed by atoms with E-state index in [0.717, 1.165) is 19.6 Å². The summed E-state index contributed by atoms with van der Waals surface area (Å²) in [5, 5.41) is 12.8. The normalized spacial score (nSPS) is 17.1. The van der Waals surface area contributed by atoms with Crippen molar-refractivity contribution in [1.82, 2.24) is 25.1 Å². The third-order valence-corrected chi connectivity index (χ3v) is 5.79. The predicted octanol–water partition coefficient (Wildman–Crippen LogP) is 2.03. The highest BCUT2D eigenvalue weighted by Crippen LogP contribution is 2.23. The van der Waals surface area contributed by atoms with Crippen LogP contribution in [0.4, 0.5) is 4.39 Å². The van der Waals surface area contributed by atoms with Crippen LogP contribution in [0.5, 0.6) is 5.75 Å². The molecule has 1 amide bonds. The molecule has 0 aliphatic carbocycles. The molecular formula is C24H26FN5O3. The Balaban J connectivity index is 1.51. The number of nitrogens with one attached hydrogen (secondary N) is 2. The number of aromatic amines is 1. The van der Waals surface area contributed by atoms with Crippen LogP contribution in [0, 0.1) is 5.82 Å². The molecule has 33 heavy (non-hydrogen) atoms. The molecule has 8 nitrogen and oxygen atoms in total. The van der Waals surface area contributed by atoms with E-state index in [0.29, 0.717) is 17.9 Å². The molecular weight excluding hydrogens is 425 g/mol. The molecule has 0 saturated carbocycles. The Morgan fingerprint density at radius 2 is 1.88 bits per heavy atom. The van der Waals surface area contributed by atoms with Crippen LogP contribution in [0.15, 0.2) is 59.4 Å². The van der Waals surface area contributed by atoms with Gasteiger partial charge in [-0.2, -0.15) is 0 Å². The highest BCUT2D eigenvalue weighted by atomic mass is 19.1. The van der Waals surface area contributed by atoms with Crippen LogP contribution in [-0.4, -0.2) is 57.5 Å². The van der Waals surface area contributed by atoms with E-state index < -0.39 is 17.2 Å². The van der Waals surface area contributed by atoms with Crippen molar-refractivity contribution >= 4 is 5.91 Å². The molecule has 2 heterocycles. The van der Waals surface area contributed by atoms with Gasteiger partial charge in [0.05, 0.1) is 6.04 Å². The standard InChI is InChI=1S/C24H26FN5O3/c1-29-11-12-30(14-17-5-3-2-4-6-17)15-19(29)22-27-20(21(31)24(33)28-22)23(32)26-13-16-7-9-18(25)10-8-16/h2-10,19,31H,11-15H2,1H3,(H,26,32)(H,27,28,33). The van der Waals surface area contributed by atoms with Crippen molar-refractivity contribution in [2.45, 2.75) is 19.1 Å². The number of aromatic hydroxyl groups is 1. The van der Waals surface area contributed by atoms with Crippen LogP contribution in [0.2, 0.25) is 0 Å². The first-order chi connectivity index (χ1) is 15.9. The molecule has 3 aromatic rings. The molecule has 3 N–H and O–H groups in total. The zero-order chi connectivity index (χ0) is 23.4. The van der Waals surface area contributed by atoms with Gasteiger partial charge in [-0.1, -0.05) is 42.5 Å². The predicted molar refractivity (Wildman–Crippen MR) is 121 cm³/mol. The van der Waals surface area contributed by atoms with Crippen LogP contribution in [0.1, 0.15) is 33.5 Å². The van der Waals surface area contributed by atoms with Crippen LogP contribution >= 0.6 is 0 Å². The zero-order valence-corrected chi connectivity index (χ0v) is 18.3. The van der Waals surface area contributed by atoms with Gasteiger partial charge in [-0.15, -0.1) is 0 Å². The second kappa shape index (κ2) is 9.93. The lowest BCUT2D eigenvalue weighted by Crippen LogP contribution is -2.47. The summed E-state index contributed by atoms with van der Waals surface area (Å²) in [4.78, 5) is 36.4. The molecule has 1 fully saturated rings. The molecule has 9 heteroatoms. The Kier molecular flexibility index (Phi) is 6.81. The largest absolute Gasteiger partial charge is 0.501 e. The fourth-order valence-electron chi connectivity index (χ4n) is 3.88. The maximum atomic E-state index is 13.1. The fourth-order valence-corrected chi connectivity index (χ4v) is 3.88. The maximum absolute atomic E-state index is 13.1. The number of carbonyl (C=O) groups excluding carboxylic acids is 1. The second-order valence-electron chi connectivity index (χ2n) is 8.17. The van der Waals surface area contributed by atoms with E-state index in [1.54, 1.807) is 12.1 Å². The Labute approximate surface area is 190 Å². The third-order valence-electron chi connectivity index (χ3n) is 5.79. The number of halogens is 1. The quantitative estimate of drug-likeness (QED) is 0.530. The average Bonchev–Trinajstić information content (AvgIpc) is 2.82. The van der Waals surface area contributed by atoms with E-state index >= 15 is 0 Å². The van der Waals surface area contributed by atoms with Gasteiger partial charge in [-0.25, -0.2) is 9.37 Å². The summed E-state index contributed by atoms with van der Waals surface area (Å²) in [7, 11) is 1.94. The van der Waals surface area contributed by atoms with Crippen molar-refractivity contribution in [1.29, 1.82) is 0 Å². The molecule has 0 radical (unpaired) electrons. The minimum atomic E-state index is -0.763. The Bertz CT molecular complexity index is 1170. The summed E-state index contributed by atoms with van der Waals surface area (Å²) >= 11 is 0. The van der Waals surface area contributed by atoms with Gasteiger partial charge >= 0.3 is 0 Å².